The second kappa shape index (κ2) is 10.5. The highest BCUT2D eigenvalue weighted by atomic mass is 19.1. The lowest BCUT2D eigenvalue weighted by Gasteiger charge is -2.35. The van der Waals surface area contributed by atoms with Crippen molar-refractivity contribution >= 4 is 23.2 Å². The van der Waals surface area contributed by atoms with Crippen molar-refractivity contribution in [2.45, 2.75) is 57.4 Å². The van der Waals surface area contributed by atoms with Crippen LogP contribution in [0.5, 0.6) is 0 Å². The van der Waals surface area contributed by atoms with Crippen molar-refractivity contribution in [3.05, 3.63) is 82.9 Å². The average Bonchev–Trinajstić information content (AvgIpc) is 3.75. The molecule has 9 heteroatoms. The van der Waals surface area contributed by atoms with E-state index >= 15 is 4.39 Å². The van der Waals surface area contributed by atoms with Crippen molar-refractivity contribution in [1.82, 2.24) is 19.5 Å². The molecular weight excluding hydrogens is 533 g/mol. The molecule has 2 aromatic carbocycles. The van der Waals surface area contributed by atoms with E-state index in [1.165, 1.54) is 17.2 Å². The molecule has 1 aliphatic carbocycles. The number of piperidine rings is 1. The van der Waals surface area contributed by atoms with Crippen LogP contribution in [0.4, 0.5) is 10.1 Å². The molecule has 3 aliphatic rings. The first kappa shape index (κ1) is 26.6. The smallest absolute Gasteiger partial charge is 0.303 e. The summed E-state index contributed by atoms with van der Waals surface area (Å²) in [5, 5.41) is 13.8. The summed E-state index contributed by atoms with van der Waals surface area (Å²) in [7, 11) is 0. The van der Waals surface area contributed by atoms with Crippen molar-refractivity contribution in [3.8, 4) is 11.3 Å². The van der Waals surface area contributed by atoms with Gasteiger partial charge in [0.2, 0.25) is 0 Å². The minimum Gasteiger partial charge on any atom is -0.481 e. The van der Waals surface area contributed by atoms with E-state index in [1.807, 2.05) is 29.2 Å². The number of aromatic nitrogens is 3. The topological polar surface area (TPSA) is 91.0 Å². The van der Waals surface area contributed by atoms with Gasteiger partial charge in [0.25, 0.3) is 5.91 Å². The number of hydrogen-bond donors (Lipinski definition) is 1. The van der Waals surface area contributed by atoms with Crippen molar-refractivity contribution in [3.63, 3.8) is 0 Å². The second-order valence-corrected chi connectivity index (χ2v) is 12.0. The highest BCUT2D eigenvalue weighted by Gasteiger charge is 2.33. The third-order valence-electron chi connectivity index (χ3n) is 9.20. The fourth-order valence-corrected chi connectivity index (χ4v) is 6.66. The maximum atomic E-state index is 15.5. The molecule has 4 heterocycles. The number of fused-ring (bicyclic) bond motifs is 2. The predicted molar refractivity (Wildman–Crippen MR) is 157 cm³/mol. The number of anilines is 1. The maximum Gasteiger partial charge on any atom is 0.303 e. The van der Waals surface area contributed by atoms with Gasteiger partial charge >= 0.3 is 5.97 Å². The minimum absolute atomic E-state index is 0.0408. The Morgan fingerprint density at radius 3 is 2.52 bits per heavy atom. The van der Waals surface area contributed by atoms with Crippen LogP contribution in [0.2, 0.25) is 0 Å². The number of aliphatic carboxylic acids is 1. The third kappa shape index (κ3) is 4.91. The number of nitrogens with zero attached hydrogens (tertiary/aromatic N) is 5. The Hall–Kier alpha value is -4.27. The van der Waals surface area contributed by atoms with Crippen molar-refractivity contribution in [1.29, 1.82) is 0 Å². The van der Waals surface area contributed by atoms with E-state index < -0.39 is 5.97 Å². The summed E-state index contributed by atoms with van der Waals surface area (Å²) in [5.74, 6) is -0.746. The highest BCUT2D eigenvalue weighted by Crippen LogP contribution is 2.41. The molecule has 4 aromatic rings. The van der Waals surface area contributed by atoms with Gasteiger partial charge in [-0.3, -0.25) is 9.59 Å². The van der Waals surface area contributed by atoms with Gasteiger partial charge in [0, 0.05) is 55.0 Å². The largest absolute Gasteiger partial charge is 0.481 e. The van der Waals surface area contributed by atoms with Gasteiger partial charge in [-0.2, -0.15) is 5.10 Å². The van der Waals surface area contributed by atoms with Gasteiger partial charge in [-0.05, 0) is 80.3 Å². The summed E-state index contributed by atoms with van der Waals surface area (Å²) >= 11 is 0. The molecule has 1 atom stereocenters. The Labute approximate surface area is 243 Å². The van der Waals surface area contributed by atoms with Crippen molar-refractivity contribution in [2.75, 3.05) is 24.5 Å². The summed E-state index contributed by atoms with van der Waals surface area (Å²) in [6.07, 6.45) is 4.62. The zero-order chi connectivity index (χ0) is 29.0. The Kier molecular flexibility index (Phi) is 6.67. The lowest BCUT2D eigenvalue weighted by Crippen LogP contribution is -2.39. The van der Waals surface area contributed by atoms with E-state index in [1.54, 1.807) is 16.6 Å². The number of hydrogen-bond acceptors (Lipinski definition) is 5. The Bertz CT molecular complexity index is 1690. The molecule has 42 heavy (non-hydrogen) atoms. The molecule has 7 rings (SSSR count). The predicted octanol–water partition coefficient (Wildman–Crippen LogP) is 5.86. The summed E-state index contributed by atoms with van der Waals surface area (Å²) < 4.78 is 17.3. The van der Waals surface area contributed by atoms with Crippen LogP contribution in [-0.2, 0) is 11.2 Å². The number of carboxylic acid groups (broad SMARTS) is 1. The van der Waals surface area contributed by atoms with Crippen molar-refractivity contribution in [2.24, 2.45) is 5.92 Å². The molecule has 2 aromatic heterocycles. The molecule has 2 aliphatic heterocycles. The van der Waals surface area contributed by atoms with Crippen LogP contribution in [0.3, 0.4) is 0 Å². The fourth-order valence-electron chi connectivity index (χ4n) is 6.66. The monoisotopic (exact) mass is 567 g/mol. The number of carboxylic acids is 1. The number of amides is 1. The zero-order valence-corrected chi connectivity index (χ0v) is 23.7. The van der Waals surface area contributed by atoms with Crippen LogP contribution < -0.4 is 4.90 Å². The molecule has 1 saturated carbocycles. The zero-order valence-electron chi connectivity index (χ0n) is 23.7. The molecular formula is C33H34FN5O3. The van der Waals surface area contributed by atoms with Crippen LogP contribution in [0.15, 0.2) is 54.6 Å². The van der Waals surface area contributed by atoms with Crippen LogP contribution in [-0.4, -0.2) is 56.1 Å². The molecule has 0 spiro atoms. The molecule has 8 nitrogen and oxygen atoms in total. The molecule has 216 valence electrons. The maximum absolute atomic E-state index is 15.5. The normalized spacial score (nSPS) is 19.2. The number of halogens is 1. The van der Waals surface area contributed by atoms with Crippen LogP contribution in [0.1, 0.15) is 78.3 Å². The number of carbonyl (C=O) groups excluding carboxylic acids is 1. The first-order valence-corrected chi connectivity index (χ1v) is 14.9. The van der Waals surface area contributed by atoms with Crippen LogP contribution >= 0.6 is 0 Å². The Balaban J connectivity index is 1.16. The Morgan fingerprint density at radius 2 is 1.79 bits per heavy atom. The van der Waals surface area contributed by atoms with Crippen LogP contribution in [0, 0.1) is 11.7 Å². The van der Waals surface area contributed by atoms with E-state index in [-0.39, 0.29) is 30.1 Å². The van der Waals surface area contributed by atoms with Gasteiger partial charge in [0.1, 0.15) is 11.5 Å². The molecule has 1 N–H and O–H groups in total. The second-order valence-electron chi connectivity index (χ2n) is 12.0. The number of benzene rings is 2. The number of rotatable bonds is 6. The number of carbonyl (C=O) groups is 2. The molecule has 1 saturated heterocycles. The lowest BCUT2D eigenvalue weighted by atomic mass is 9.93. The Morgan fingerprint density at radius 1 is 1.00 bits per heavy atom. The molecule has 1 amide bonds. The van der Waals surface area contributed by atoms with Gasteiger partial charge < -0.3 is 14.9 Å². The first-order chi connectivity index (χ1) is 20.4. The first-order valence-electron chi connectivity index (χ1n) is 14.9. The molecule has 2 fully saturated rings. The van der Waals surface area contributed by atoms with E-state index in [0.29, 0.717) is 48.2 Å². The van der Waals surface area contributed by atoms with E-state index in [9.17, 15) is 9.59 Å². The van der Waals surface area contributed by atoms with Crippen LogP contribution in [0.25, 0.3) is 16.9 Å². The summed E-state index contributed by atoms with van der Waals surface area (Å²) in [5.41, 5.74) is 6.02. The van der Waals surface area contributed by atoms with Gasteiger partial charge in [-0.25, -0.2) is 13.9 Å². The molecule has 0 bridgehead atoms. The average molecular weight is 568 g/mol. The van der Waals surface area contributed by atoms with Gasteiger partial charge in [-0.1, -0.05) is 24.3 Å². The quantitative estimate of drug-likeness (QED) is 0.314. The van der Waals surface area contributed by atoms with E-state index in [0.717, 1.165) is 43.5 Å². The summed E-state index contributed by atoms with van der Waals surface area (Å²) in [4.78, 5) is 33.6. The van der Waals surface area contributed by atoms with E-state index in [2.05, 4.69) is 24.0 Å². The SMILES string of the molecule is C[C@@H]1c2ccccc2CCN1C(=O)c1cc(C2CC2)n2nc(-c3ccc(N4CCC(CC(=O)O)CC4)cc3F)cc2n1. The fraction of sp³-hybridized carbons (Fsp3) is 0.394. The van der Waals surface area contributed by atoms with Gasteiger partial charge in [-0.15, -0.1) is 0 Å². The lowest BCUT2D eigenvalue weighted by molar-refractivity contribution is -0.138. The summed E-state index contributed by atoms with van der Waals surface area (Å²) in [6.45, 7) is 4.12. The molecule has 0 radical (unpaired) electrons. The minimum atomic E-state index is -0.765. The van der Waals surface area contributed by atoms with Gasteiger partial charge in [0.05, 0.1) is 11.7 Å². The highest BCUT2D eigenvalue weighted by molar-refractivity contribution is 5.93. The summed E-state index contributed by atoms with van der Waals surface area (Å²) in [6, 6.07) is 17.1. The van der Waals surface area contributed by atoms with E-state index in [4.69, 9.17) is 15.2 Å². The van der Waals surface area contributed by atoms with Crippen molar-refractivity contribution < 1.29 is 19.1 Å². The van der Waals surface area contributed by atoms with Gasteiger partial charge in [0.15, 0.2) is 5.65 Å². The standard InChI is InChI=1S/C33H34FN5O3/c1-20-25-5-3-2-4-22(25)12-15-38(20)33(42)29-18-30(23-6-7-23)39-31(35-29)19-28(36-39)26-9-8-24(17-27(26)34)37-13-10-21(11-14-37)16-32(40)41/h2-5,8-9,17-21,23H,6-7,10-16H2,1H3,(H,40,41)/t20-/m1/s1. The third-order valence-corrected chi connectivity index (χ3v) is 9.20. The molecule has 0 unspecified atom stereocenters.